The lowest BCUT2D eigenvalue weighted by molar-refractivity contribution is 0.669. The maximum Gasteiger partial charge on any atom is 0.159 e. The van der Waals surface area contributed by atoms with Crippen molar-refractivity contribution in [1.82, 2.24) is 0 Å². The van der Waals surface area contributed by atoms with Gasteiger partial charge >= 0.3 is 0 Å². The molecule has 0 N–H and O–H groups in total. The van der Waals surface area contributed by atoms with Crippen molar-refractivity contribution in [2.24, 2.45) is 0 Å². The van der Waals surface area contributed by atoms with Crippen LogP contribution in [0.4, 0.5) is 17.1 Å². The maximum absolute atomic E-state index is 6.74. The van der Waals surface area contributed by atoms with Crippen molar-refractivity contribution in [2.75, 3.05) is 4.90 Å². The highest BCUT2D eigenvalue weighted by Gasteiger charge is 2.46. The van der Waals surface area contributed by atoms with Crippen LogP contribution in [-0.4, -0.2) is 0 Å². The van der Waals surface area contributed by atoms with E-state index in [1.165, 1.54) is 60.8 Å². The molecular weight excluding hydrogens is 811 g/mol. The predicted octanol–water partition coefficient (Wildman–Crippen LogP) is 17.6. The van der Waals surface area contributed by atoms with Crippen LogP contribution >= 0.6 is 0 Å². The van der Waals surface area contributed by atoms with Crippen LogP contribution in [0.1, 0.15) is 22.3 Å². The van der Waals surface area contributed by atoms with Gasteiger partial charge in [-0.3, -0.25) is 0 Å². The molecule has 0 bridgehead atoms. The average molecular weight is 854 g/mol. The van der Waals surface area contributed by atoms with Crippen LogP contribution in [0.3, 0.4) is 0 Å². The standard InChI is InChI=1S/C65H43NO/c1-3-22-50(23-4-1)65(51-24-5-2-6-25-51)60-32-11-9-28-56(60)57-40-37-48(43-61(57)65)44-35-38-52(39-36-44)66(62-33-16-31-59-58-29-10-12-34-63(58)67-64(59)62)53-26-14-20-47(42-53)46-19-13-21-49(41-46)55-30-15-18-45-17-7-8-27-54(45)55/h1-43H. The van der Waals surface area contributed by atoms with Crippen molar-refractivity contribution in [3.05, 3.63) is 283 Å². The van der Waals surface area contributed by atoms with Crippen molar-refractivity contribution in [3.8, 4) is 44.5 Å². The lowest BCUT2D eigenvalue weighted by atomic mass is 9.67. The molecule has 1 heterocycles. The summed E-state index contributed by atoms with van der Waals surface area (Å²) in [7, 11) is 0. The minimum atomic E-state index is -0.466. The quantitative estimate of drug-likeness (QED) is 0.151. The van der Waals surface area contributed by atoms with E-state index in [1.807, 2.05) is 6.07 Å². The van der Waals surface area contributed by atoms with Gasteiger partial charge in [-0.15, -0.1) is 0 Å². The SMILES string of the molecule is c1ccc(C2(c3ccccc3)c3ccccc3-c3ccc(-c4ccc(N(c5cccc(-c6cccc(-c7cccc8ccccc78)c6)c5)c5cccc6c5oc5ccccc56)cc4)cc32)cc1. The zero-order valence-electron chi connectivity index (χ0n) is 36.7. The van der Waals surface area contributed by atoms with Crippen LogP contribution in [0.25, 0.3) is 77.2 Å². The largest absolute Gasteiger partial charge is 0.454 e. The summed E-state index contributed by atoms with van der Waals surface area (Å²) in [5.41, 5.74) is 19.1. The Morgan fingerprint density at radius 2 is 0.881 bits per heavy atom. The van der Waals surface area contributed by atoms with Gasteiger partial charge in [-0.2, -0.15) is 0 Å². The summed E-state index contributed by atoms with van der Waals surface area (Å²) in [6.07, 6.45) is 0. The first kappa shape index (κ1) is 38.7. The molecule has 1 aliphatic carbocycles. The summed E-state index contributed by atoms with van der Waals surface area (Å²) in [5.74, 6) is 0. The van der Waals surface area contributed by atoms with Gasteiger partial charge in [0.25, 0.3) is 0 Å². The van der Waals surface area contributed by atoms with Crippen LogP contribution < -0.4 is 4.90 Å². The summed E-state index contributed by atoms with van der Waals surface area (Å²) in [6, 6.07) is 94.9. The number of fused-ring (bicyclic) bond motifs is 7. The van der Waals surface area contributed by atoms with Crippen LogP contribution in [0.2, 0.25) is 0 Å². The van der Waals surface area contributed by atoms with E-state index >= 15 is 0 Å². The van der Waals surface area contributed by atoms with Crippen LogP contribution in [-0.2, 0) is 5.41 Å². The minimum absolute atomic E-state index is 0.466. The smallest absolute Gasteiger partial charge is 0.159 e. The molecule has 0 fully saturated rings. The molecule has 67 heavy (non-hydrogen) atoms. The van der Waals surface area contributed by atoms with Gasteiger partial charge in [-0.05, 0) is 126 Å². The summed E-state index contributed by atoms with van der Waals surface area (Å²) in [5, 5.41) is 4.69. The molecule has 0 unspecified atom stereocenters. The third-order valence-corrected chi connectivity index (χ3v) is 13.9. The van der Waals surface area contributed by atoms with Gasteiger partial charge in [0, 0.05) is 22.1 Å². The molecule has 11 aromatic carbocycles. The number of benzene rings is 11. The Hall–Kier alpha value is -8.72. The molecule has 0 spiro atoms. The molecule has 12 aromatic rings. The third-order valence-electron chi connectivity index (χ3n) is 13.9. The highest BCUT2D eigenvalue weighted by atomic mass is 16.3. The molecule has 2 heteroatoms. The highest BCUT2D eigenvalue weighted by Crippen LogP contribution is 2.57. The number of hydrogen-bond acceptors (Lipinski definition) is 2. The average Bonchev–Trinajstić information content (AvgIpc) is 3.94. The van der Waals surface area contributed by atoms with Crippen molar-refractivity contribution < 1.29 is 4.42 Å². The van der Waals surface area contributed by atoms with E-state index in [0.717, 1.165) is 55.7 Å². The summed E-state index contributed by atoms with van der Waals surface area (Å²) >= 11 is 0. The van der Waals surface area contributed by atoms with Gasteiger partial charge in [0.2, 0.25) is 0 Å². The van der Waals surface area contributed by atoms with Crippen molar-refractivity contribution in [2.45, 2.75) is 5.41 Å². The van der Waals surface area contributed by atoms with Crippen molar-refractivity contribution in [1.29, 1.82) is 0 Å². The Balaban J connectivity index is 0.945. The maximum atomic E-state index is 6.74. The van der Waals surface area contributed by atoms with E-state index in [4.69, 9.17) is 4.42 Å². The first-order chi connectivity index (χ1) is 33.2. The third kappa shape index (κ3) is 6.26. The second-order valence-electron chi connectivity index (χ2n) is 17.6. The molecule has 1 aliphatic rings. The fourth-order valence-electron chi connectivity index (χ4n) is 10.9. The molecule has 1 aromatic heterocycles. The second kappa shape index (κ2) is 15.8. The number of nitrogens with zero attached hydrogens (tertiary/aromatic N) is 1. The summed E-state index contributed by atoms with van der Waals surface area (Å²) < 4.78 is 6.74. The fourth-order valence-corrected chi connectivity index (χ4v) is 10.9. The highest BCUT2D eigenvalue weighted by molar-refractivity contribution is 6.10. The minimum Gasteiger partial charge on any atom is -0.454 e. The summed E-state index contributed by atoms with van der Waals surface area (Å²) in [6.45, 7) is 0. The normalized spacial score (nSPS) is 12.6. The molecule has 0 aliphatic heterocycles. The molecule has 0 radical (unpaired) electrons. The monoisotopic (exact) mass is 853 g/mol. The number of hydrogen-bond donors (Lipinski definition) is 0. The van der Waals surface area contributed by atoms with Gasteiger partial charge in [-0.1, -0.05) is 212 Å². The number of anilines is 3. The number of rotatable bonds is 8. The van der Waals surface area contributed by atoms with Crippen molar-refractivity contribution in [3.63, 3.8) is 0 Å². The van der Waals surface area contributed by atoms with E-state index in [9.17, 15) is 0 Å². The molecular formula is C65H43NO. The van der Waals surface area contributed by atoms with E-state index < -0.39 is 5.41 Å². The molecule has 13 rings (SSSR count). The Kier molecular flexibility index (Phi) is 9.11. The van der Waals surface area contributed by atoms with Crippen LogP contribution in [0.15, 0.2) is 265 Å². The van der Waals surface area contributed by atoms with E-state index in [-0.39, 0.29) is 0 Å². The Morgan fingerprint density at radius 3 is 1.70 bits per heavy atom. The number of para-hydroxylation sites is 2. The molecule has 0 saturated heterocycles. The van der Waals surface area contributed by atoms with Gasteiger partial charge in [0.1, 0.15) is 5.58 Å². The first-order valence-corrected chi connectivity index (χ1v) is 23.1. The molecule has 0 saturated carbocycles. The van der Waals surface area contributed by atoms with E-state index in [1.54, 1.807) is 0 Å². The lowest BCUT2D eigenvalue weighted by Gasteiger charge is -2.34. The molecule has 2 nitrogen and oxygen atoms in total. The van der Waals surface area contributed by atoms with Gasteiger partial charge in [0.15, 0.2) is 5.58 Å². The lowest BCUT2D eigenvalue weighted by Crippen LogP contribution is -2.28. The van der Waals surface area contributed by atoms with Crippen LogP contribution in [0.5, 0.6) is 0 Å². The number of furan rings is 1. The second-order valence-corrected chi connectivity index (χ2v) is 17.6. The predicted molar refractivity (Wildman–Crippen MR) is 280 cm³/mol. The molecule has 314 valence electrons. The van der Waals surface area contributed by atoms with Gasteiger partial charge in [-0.25, -0.2) is 0 Å². The van der Waals surface area contributed by atoms with Crippen LogP contribution in [0, 0.1) is 0 Å². The Morgan fingerprint density at radius 1 is 0.313 bits per heavy atom. The Bertz CT molecular complexity index is 3760. The Labute approximate surface area is 390 Å². The fraction of sp³-hybridized carbons (Fsp3) is 0.0154. The van der Waals surface area contributed by atoms with Crippen molar-refractivity contribution >= 4 is 49.8 Å². The zero-order valence-corrected chi connectivity index (χ0v) is 36.7. The first-order valence-electron chi connectivity index (χ1n) is 23.1. The van der Waals surface area contributed by atoms with E-state index in [2.05, 4.69) is 260 Å². The molecule has 0 atom stereocenters. The summed E-state index contributed by atoms with van der Waals surface area (Å²) in [4.78, 5) is 2.35. The zero-order chi connectivity index (χ0) is 44.3. The molecule has 0 amide bonds. The topological polar surface area (TPSA) is 16.4 Å². The van der Waals surface area contributed by atoms with Gasteiger partial charge in [0.05, 0.1) is 11.1 Å². The van der Waals surface area contributed by atoms with Gasteiger partial charge < -0.3 is 9.32 Å². The van der Waals surface area contributed by atoms with E-state index in [0.29, 0.717) is 0 Å².